The van der Waals surface area contributed by atoms with Gasteiger partial charge in [-0.25, -0.2) is 0 Å². The summed E-state index contributed by atoms with van der Waals surface area (Å²) in [5.74, 6) is 0.124. The second-order valence-electron chi connectivity index (χ2n) is 5.77. The van der Waals surface area contributed by atoms with E-state index in [1.165, 1.54) is 12.8 Å². The van der Waals surface area contributed by atoms with E-state index in [-0.39, 0.29) is 18.1 Å². The van der Waals surface area contributed by atoms with Crippen LogP contribution in [0.25, 0.3) is 0 Å². The Morgan fingerprint density at radius 2 is 1.95 bits per heavy atom. The van der Waals surface area contributed by atoms with Crippen LogP contribution in [0.15, 0.2) is 0 Å². The number of rotatable bonds is 8. The van der Waals surface area contributed by atoms with Crippen LogP contribution in [-0.2, 0) is 9.59 Å². The standard InChI is InChI=1S/C15H28N2O2/c1-4-5-6-7-8-14(18)11-15(19)17-10-9-13(12-17)16(2)3/h13H,4-12H2,1-3H3. The molecule has 1 rings (SSSR count). The van der Waals surface area contributed by atoms with E-state index in [1.54, 1.807) is 0 Å². The number of unbranched alkanes of at least 4 members (excludes halogenated alkanes) is 3. The molecule has 0 N–H and O–H groups in total. The fourth-order valence-electron chi connectivity index (χ4n) is 2.51. The molecule has 0 aromatic heterocycles. The van der Waals surface area contributed by atoms with Crippen LogP contribution in [0.2, 0.25) is 0 Å². The number of ketones is 1. The lowest BCUT2D eigenvalue weighted by molar-refractivity contribution is -0.134. The van der Waals surface area contributed by atoms with Gasteiger partial charge in [-0.1, -0.05) is 26.2 Å². The van der Waals surface area contributed by atoms with Crippen molar-refractivity contribution < 1.29 is 9.59 Å². The summed E-state index contributed by atoms with van der Waals surface area (Å²) in [6.07, 6.45) is 6.07. The molecule has 1 amide bonds. The highest BCUT2D eigenvalue weighted by molar-refractivity contribution is 5.98. The smallest absolute Gasteiger partial charge is 0.230 e. The fraction of sp³-hybridized carbons (Fsp3) is 0.867. The Morgan fingerprint density at radius 1 is 1.21 bits per heavy atom. The molecule has 19 heavy (non-hydrogen) atoms. The Labute approximate surface area is 117 Å². The van der Waals surface area contributed by atoms with Gasteiger partial charge < -0.3 is 9.80 Å². The SMILES string of the molecule is CCCCCCC(=O)CC(=O)N1CCC(N(C)C)C1. The van der Waals surface area contributed by atoms with Gasteiger partial charge in [-0.15, -0.1) is 0 Å². The number of likely N-dealkylation sites (tertiary alicyclic amines) is 1. The van der Waals surface area contributed by atoms with Crippen molar-refractivity contribution in [2.45, 2.75) is 57.9 Å². The first-order valence-electron chi connectivity index (χ1n) is 7.50. The first kappa shape index (κ1) is 16.2. The molecular weight excluding hydrogens is 240 g/mol. The topological polar surface area (TPSA) is 40.6 Å². The molecule has 0 aromatic rings. The van der Waals surface area contributed by atoms with Crippen LogP contribution in [-0.4, -0.2) is 54.7 Å². The zero-order valence-electron chi connectivity index (χ0n) is 12.7. The predicted molar refractivity (Wildman–Crippen MR) is 77.1 cm³/mol. The van der Waals surface area contributed by atoms with Gasteiger partial charge in [0, 0.05) is 25.6 Å². The van der Waals surface area contributed by atoms with Crippen LogP contribution in [0, 0.1) is 0 Å². The monoisotopic (exact) mass is 268 g/mol. The zero-order chi connectivity index (χ0) is 14.3. The first-order chi connectivity index (χ1) is 9.04. The summed E-state index contributed by atoms with van der Waals surface area (Å²) in [5, 5.41) is 0. The summed E-state index contributed by atoms with van der Waals surface area (Å²) in [6.45, 7) is 3.72. The predicted octanol–water partition coefficient (Wildman–Crippen LogP) is 2.08. The third-order valence-electron chi connectivity index (χ3n) is 3.90. The molecule has 1 fully saturated rings. The minimum Gasteiger partial charge on any atom is -0.341 e. The largest absolute Gasteiger partial charge is 0.341 e. The van der Waals surface area contributed by atoms with Crippen molar-refractivity contribution in [2.75, 3.05) is 27.2 Å². The maximum Gasteiger partial charge on any atom is 0.230 e. The van der Waals surface area contributed by atoms with Crippen molar-refractivity contribution in [1.82, 2.24) is 9.80 Å². The van der Waals surface area contributed by atoms with Crippen molar-refractivity contribution in [2.24, 2.45) is 0 Å². The highest BCUT2D eigenvalue weighted by atomic mass is 16.2. The summed E-state index contributed by atoms with van der Waals surface area (Å²) >= 11 is 0. The van der Waals surface area contributed by atoms with Gasteiger partial charge in [0.1, 0.15) is 5.78 Å². The fourth-order valence-corrected chi connectivity index (χ4v) is 2.51. The van der Waals surface area contributed by atoms with E-state index in [0.29, 0.717) is 12.5 Å². The van der Waals surface area contributed by atoms with E-state index in [2.05, 4.69) is 11.8 Å². The van der Waals surface area contributed by atoms with Gasteiger partial charge >= 0.3 is 0 Å². The van der Waals surface area contributed by atoms with E-state index in [9.17, 15) is 9.59 Å². The van der Waals surface area contributed by atoms with Crippen LogP contribution in [0.3, 0.4) is 0 Å². The molecule has 0 bridgehead atoms. The molecule has 1 unspecified atom stereocenters. The maximum absolute atomic E-state index is 12.0. The van der Waals surface area contributed by atoms with E-state index in [1.807, 2.05) is 19.0 Å². The van der Waals surface area contributed by atoms with Gasteiger partial charge in [-0.05, 0) is 26.9 Å². The number of likely N-dealkylation sites (N-methyl/N-ethyl adjacent to an activating group) is 1. The highest BCUT2D eigenvalue weighted by Crippen LogP contribution is 2.15. The number of Topliss-reactive ketones (excluding diaryl/α,β-unsaturated/α-hetero) is 1. The molecule has 0 aromatic carbocycles. The van der Waals surface area contributed by atoms with Crippen LogP contribution >= 0.6 is 0 Å². The van der Waals surface area contributed by atoms with Gasteiger partial charge in [0.05, 0.1) is 6.42 Å². The lowest BCUT2D eigenvalue weighted by Crippen LogP contribution is -2.35. The summed E-state index contributed by atoms with van der Waals surface area (Å²) < 4.78 is 0. The maximum atomic E-state index is 12.0. The molecule has 1 aliphatic rings. The molecule has 1 saturated heterocycles. The summed E-state index contributed by atoms with van der Waals surface area (Å²) in [4.78, 5) is 27.7. The molecule has 0 saturated carbocycles. The highest BCUT2D eigenvalue weighted by Gasteiger charge is 2.27. The first-order valence-corrected chi connectivity index (χ1v) is 7.50. The third-order valence-corrected chi connectivity index (χ3v) is 3.90. The number of nitrogens with zero attached hydrogens (tertiary/aromatic N) is 2. The molecule has 0 spiro atoms. The van der Waals surface area contributed by atoms with Gasteiger partial charge in [0.2, 0.25) is 5.91 Å². The Balaban J connectivity index is 2.22. The van der Waals surface area contributed by atoms with Crippen LogP contribution in [0.1, 0.15) is 51.9 Å². The minimum atomic E-state index is 0.0184. The van der Waals surface area contributed by atoms with Gasteiger partial charge in [-0.3, -0.25) is 9.59 Å². The lowest BCUT2D eigenvalue weighted by Gasteiger charge is -2.20. The molecule has 4 heteroatoms. The molecule has 0 aliphatic carbocycles. The third kappa shape index (κ3) is 5.72. The van der Waals surface area contributed by atoms with E-state index >= 15 is 0 Å². The Kier molecular flexibility index (Phi) is 7.06. The zero-order valence-corrected chi connectivity index (χ0v) is 12.7. The van der Waals surface area contributed by atoms with E-state index < -0.39 is 0 Å². The van der Waals surface area contributed by atoms with Crippen molar-refractivity contribution in [3.63, 3.8) is 0 Å². The van der Waals surface area contributed by atoms with Crippen molar-refractivity contribution in [1.29, 1.82) is 0 Å². The molecule has 4 nitrogen and oxygen atoms in total. The molecular formula is C15H28N2O2. The number of carbonyl (C=O) groups excluding carboxylic acids is 2. The van der Waals surface area contributed by atoms with Crippen LogP contribution in [0.4, 0.5) is 0 Å². The molecule has 1 heterocycles. The van der Waals surface area contributed by atoms with Crippen molar-refractivity contribution in [3.05, 3.63) is 0 Å². The van der Waals surface area contributed by atoms with E-state index in [0.717, 1.165) is 32.4 Å². The normalized spacial score (nSPS) is 19.2. The van der Waals surface area contributed by atoms with Crippen molar-refractivity contribution >= 4 is 11.7 Å². The summed E-state index contributed by atoms with van der Waals surface area (Å²) in [7, 11) is 4.08. The molecule has 1 aliphatic heterocycles. The Morgan fingerprint density at radius 3 is 2.53 bits per heavy atom. The molecule has 1 atom stereocenters. The average Bonchev–Trinajstić information content (AvgIpc) is 2.84. The summed E-state index contributed by atoms with van der Waals surface area (Å²) in [5.41, 5.74) is 0. The number of hydrogen-bond acceptors (Lipinski definition) is 3. The summed E-state index contributed by atoms with van der Waals surface area (Å²) in [6, 6.07) is 0.448. The number of amides is 1. The molecule has 110 valence electrons. The van der Waals surface area contributed by atoms with Gasteiger partial charge in [0.25, 0.3) is 0 Å². The second-order valence-corrected chi connectivity index (χ2v) is 5.77. The van der Waals surface area contributed by atoms with Crippen molar-refractivity contribution in [3.8, 4) is 0 Å². The van der Waals surface area contributed by atoms with Gasteiger partial charge in [0.15, 0.2) is 0 Å². The second kappa shape index (κ2) is 8.31. The Bertz CT molecular complexity index is 303. The van der Waals surface area contributed by atoms with E-state index in [4.69, 9.17) is 0 Å². The number of hydrogen-bond donors (Lipinski definition) is 0. The Hall–Kier alpha value is -0.900. The van der Waals surface area contributed by atoms with Crippen LogP contribution < -0.4 is 0 Å². The molecule has 0 radical (unpaired) electrons. The van der Waals surface area contributed by atoms with Gasteiger partial charge in [-0.2, -0.15) is 0 Å². The number of carbonyl (C=O) groups is 2. The lowest BCUT2D eigenvalue weighted by atomic mass is 10.1. The van der Waals surface area contributed by atoms with Crippen LogP contribution in [0.5, 0.6) is 0 Å². The minimum absolute atomic E-state index is 0.0184. The quantitative estimate of drug-likeness (QED) is 0.500. The average molecular weight is 268 g/mol.